The van der Waals surface area contributed by atoms with Crippen LogP contribution in [-0.2, 0) is 15.4 Å². The van der Waals surface area contributed by atoms with Crippen LogP contribution in [0.3, 0.4) is 0 Å². The number of benzene rings is 3. The monoisotopic (exact) mass is 449 g/mol. The largest absolute Gasteiger partial charge is 0.322 e. The zero-order valence-electron chi connectivity index (χ0n) is 18.6. The summed E-state index contributed by atoms with van der Waals surface area (Å²) in [7, 11) is -3.75. The molecule has 0 saturated carbocycles. The van der Waals surface area contributed by atoms with E-state index in [0.29, 0.717) is 22.5 Å². The van der Waals surface area contributed by atoms with Crippen molar-refractivity contribution in [1.29, 1.82) is 0 Å². The SMILES string of the molecule is C/C(=N\NS(=O)(=O)c1ccccc1)c1cccc(NC(=O)c2ccc(C(C)(C)C)cc2)c1. The standard InChI is InChI=1S/C25H27N3O3S/c1-18(27-28-32(30,31)23-11-6-5-7-12-23)20-9-8-10-22(17-20)26-24(29)19-13-15-21(16-14-19)25(2,3)4/h5-17,28H,1-4H3,(H,26,29)/b27-18+. The second kappa shape index (κ2) is 9.36. The Morgan fingerprint density at radius 2 is 1.50 bits per heavy atom. The number of anilines is 1. The number of nitrogens with zero attached hydrogens (tertiary/aromatic N) is 1. The highest BCUT2D eigenvalue weighted by molar-refractivity contribution is 7.89. The average Bonchev–Trinajstić information content (AvgIpc) is 2.78. The van der Waals surface area contributed by atoms with Crippen LogP contribution >= 0.6 is 0 Å². The topological polar surface area (TPSA) is 87.6 Å². The Balaban J connectivity index is 1.72. The van der Waals surface area contributed by atoms with Crippen LogP contribution in [-0.4, -0.2) is 20.0 Å². The first-order valence-corrected chi connectivity index (χ1v) is 11.7. The second-order valence-electron chi connectivity index (χ2n) is 8.47. The van der Waals surface area contributed by atoms with Gasteiger partial charge in [0.05, 0.1) is 10.6 Å². The molecule has 0 aromatic heterocycles. The number of rotatable bonds is 6. The van der Waals surface area contributed by atoms with Gasteiger partial charge in [0.2, 0.25) is 0 Å². The van der Waals surface area contributed by atoms with Gasteiger partial charge in [0.15, 0.2) is 0 Å². The molecule has 0 aliphatic rings. The summed E-state index contributed by atoms with van der Waals surface area (Å²) in [5.74, 6) is -0.220. The van der Waals surface area contributed by atoms with Crippen LogP contribution in [0.5, 0.6) is 0 Å². The lowest BCUT2D eigenvalue weighted by Crippen LogP contribution is -2.20. The van der Waals surface area contributed by atoms with E-state index < -0.39 is 10.0 Å². The molecule has 1 amide bonds. The van der Waals surface area contributed by atoms with Crippen molar-refractivity contribution in [1.82, 2.24) is 4.83 Å². The minimum Gasteiger partial charge on any atom is -0.322 e. The highest BCUT2D eigenvalue weighted by atomic mass is 32.2. The fourth-order valence-corrected chi connectivity index (χ4v) is 3.87. The summed E-state index contributed by atoms with van der Waals surface area (Å²) in [5, 5.41) is 6.90. The lowest BCUT2D eigenvalue weighted by molar-refractivity contribution is 0.102. The molecule has 0 fully saturated rings. The molecule has 0 saturated heterocycles. The molecular formula is C25H27N3O3S. The van der Waals surface area contributed by atoms with Crippen molar-refractivity contribution in [2.24, 2.45) is 5.10 Å². The molecule has 0 atom stereocenters. The molecule has 0 aliphatic heterocycles. The van der Waals surface area contributed by atoms with Gasteiger partial charge in [-0.3, -0.25) is 4.79 Å². The first-order chi connectivity index (χ1) is 15.1. The molecule has 0 radical (unpaired) electrons. The molecule has 3 aromatic rings. The maximum Gasteiger partial charge on any atom is 0.276 e. The molecular weight excluding hydrogens is 422 g/mol. The maximum atomic E-state index is 12.6. The van der Waals surface area contributed by atoms with Crippen molar-refractivity contribution in [2.45, 2.75) is 38.0 Å². The zero-order chi connectivity index (χ0) is 23.4. The summed E-state index contributed by atoms with van der Waals surface area (Å²) in [6, 6.07) is 22.7. The Morgan fingerprint density at radius 3 is 2.12 bits per heavy atom. The molecule has 166 valence electrons. The van der Waals surface area contributed by atoms with Gasteiger partial charge in [0.25, 0.3) is 15.9 Å². The summed E-state index contributed by atoms with van der Waals surface area (Å²) >= 11 is 0. The summed E-state index contributed by atoms with van der Waals surface area (Å²) in [6.07, 6.45) is 0. The predicted octanol–water partition coefficient (Wildman–Crippen LogP) is 4.94. The average molecular weight is 450 g/mol. The fourth-order valence-electron chi connectivity index (χ4n) is 2.99. The summed E-state index contributed by atoms with van der Waals surface area (Å²) in [4.78, 5) is 15.0. The quantitative estimate of drug-likeness (QED) is 0.413. The van der Waals surface area contributed by atoms with Gasteiger partial charge in [-0.2, -0.15) is 18.4 Å². The Bertz CT molecular complexity index is 1230. The molecule has 2 N–H and O–H groups in total. The van der Waals surface area contributed by atoms with E-state index in [0.717, 1.165) is 5.56 Å². The van der Waals surface area contributed by atoms with E-state index >= 15 is 0 Å². The van der Waals surface area contributed by atoms with Gasteiger partial charge in [-0.1, -0.05) is 63.2 Å². The van der Waals surface area contributed by atoms with E-state index in [-0.39, 0.29) is 16.2 Å². The van der Waals surface area contributed by atoms with Crippen LogP contribution in [0.4, 0.5) is 5.69 Å². The molecule has 7 heteroatoms. The highest BCUT2D eigenvalue weighted by Crippen LogP contribution is 2.22. The number of carbonyl (C=O) groups excluding carboxylic acids is 1. The van der Waals surface area contributed by atoms with Crippen molar-refractivity contribution < 1.29 is 13.2 Å². The Hall–Kier alpha value is -3.45. The molecule has 0 spiro atoms. The van der Waals surface area contributed by atoms with E-state index in [1.165, 1.54) is 12.1 Å². The zero-order valence-corrected chi connectivity index (χ0v) is 19.4. The molecule has 3 aromatic carbocycles. The minimum absolute atomic E-state index is 0.0161. The van der Waals surface area contributed by atoms with Crippen LogP contribution in [0.25, 0.3) is 0 Å². The molecule has 0 unspecified atom stereocenters. The first-order valence-electron chi connectivity index (χ1n) is 10.2. The Kier molecular flexibility index (Phi) is 6.79. The van der Waals surface area contributed by atoms with Crippen LogP contribution in [0.2, 0.25) is 0 Å². The van der Waals surface area contributed by atoms with Gasteiger partial charge in [0.1, 0.15) is 0 Å². The van der Waals surface area contributed by atoms with Crippen LogP contribution in [0, 0.1) is 0 Å². The lowest BCUT2D eigenvalue weighted by atomic mass is 9.87. The third-order valence-electron chi connectivity index (χ3n) is 4.94. The lowest BCUT2D eigenvalue weighted by Gasteiger charge is -2.19. The number of hydrogen-bond acceptors (Lipinski definition) is 4. The fraction of sp³-hybridized carbons (Fsp3) is 0.200. The van der Waals surface area contributed by atoms with Crippen LogP contribution in [0.1, 0.15) is 49.2 Å². The number of hydrogen-bond donors (Lipinski definition) is 2. The third-order valence-corrected chi connectivity index (χ3v) is 6.16. The van der Waals surface area contributed by atoms with E-state index in [4.69, 9.17) is 0 Å². The van der Waals surface area contributed by atoms with Gasteiger partial charge in [-0.15, -0.1) is 0 Å². The Morgan fingerprint density at radius 1 is 0.844 bits per heavy atom. The van der Waals surface area contributed by atoms with Gasteiger partial charge < -0.3 is 5.32 Å². The number of carbonyl (C=O) groups is 1. The van der Waals surface area contributed by atoms with Crippen LogP contribution in [0.15, 0.2) is 88.9 Å². The van der Waals surface area contributed by atoms with Crippen molar-refractivity contribution in [3.8, 4) is 0 Å². The van der Waals surface area contributed by atoms with Gasteiger partial charge >= 0.3 is 0 Å². The molecule has 32 heavy (non-hydrogen) atoms. The molecule has 0 heterocycles. The summed E-state index contributed by atoms with van der Waals surface area (Å²) in [5.41, 5.74) is 3.47. The Labute approximate surface area is 189 Å². The van der Waals surface area contributed by atoms with Gasteiger partial charge in [0, 0.05) is 11.3 Å². The van der Waals surface area contributed by atoms with E-state index in [9.17, 15) is 13.2 Å². The predicted molar refractivity (Wildman–Crippen MR) is 129 cm³/mol. The van der Waals surface area contributed by atoms with E-state index in [1.54, 1.807) is 49.4 Å². The highest BCUT2D eigenvalue weighted by Gasteiger charge is 2.15. The maximum absolute atomic E-state index is 12.6. The normalized spacial score (nSPS) is 12.3. The second-order valence-corrected chi connectivity index (χ2v) is 10.1. The third kappa shape index (κ3) is 5.82. The van der Waals surface area contributed by atoms with Crippen molar-refractivity contribution in [3.63, 3.8) is 0 Å². The first kappa shape index (κ1) is 23.2. The van der Waals surface area contributed by atoms with Crippen molar-refractivity contribution in [3.05, 3.63) is 95.6 Å². The van der Waals surface area contributed by atoms with E-state index in [1.807, 2.05) is 24.3 Å². The van der Waals surface area contributed by atoms with Gasteiger partial charge in [-0.05, 0) is 59.9 Å². The van der Waals surface area contributed by atoms with Gasteiger partial charge in [-0.25, -0.2) is 0 Å². The molecule has 6 nitrogen and oxygen atoms in total. The smallest absolute Gasteiger partial charge is 0.276 e. The number of amides is 1. The molecule has 0 aliphatic carbocycles. The van der Waals surface area contributed by atoms with Crippen LogP contribution < -0.4 is 10.1 Å². The van der Waals surface area contributed by atoms with E-state index in [2.05, 4.69) is 36.0 Å². The number of nitrogens with one attached hydrogen (secondary N) is 2. The number of sulfonamides is 1. The molecule has 0 bridgehead atoms. The molecule has 3 rings (SSSR count). The van der Waals surface area contributed by atoms with Crippen molar-refractivity contribution in [2.75, 3.05) is 5.32 Å². The number of hydrazone groups is 1. The summed E-state index contributed by atoms with van der Waals surface area (Å²) < 4.78 is 24.7. The minimum atomic E-state index is -3.75. The summed E-state index contributed by atoms with van der Waals surface area (Å²) in [6.45, 7) is 8.06. The van der Waals surface area contributed by atoms with Crippen molar-refractivity contribution >= 4 is 27.3 Å².